The molecule has 1 aliphatic rings. The van der Waals surface area contributed by atoms with Crippen molar-refractivity contribution in [3.05, 3.63) is 0 Å². The van der Waals surface area contributed by atoms with Crippen LogP contribution in [0.5, 0.6) is 0 Å². The fourth-order valence-corrected chi connectivity index (χ4v) is 2.53. The summed E-state index contributed by atoms with van der Waals surface area (Å²) in [6.45, 7) is 6.20. The molecule has 1 rings (SSSR count). The van der Waals surface area contributed by atoms with Gasteiger partial charge in [-0.2, -0.15) is 0 Å². The maximum Gasteiger partial charge on any atom is 0.186 e. The summed E-state index contributed by atoms with van der Waals surface area (Å²) < 4.78 is 5.50. The summed E-state index contributed by atoms with van der Waals surface area (Å²) in [6, 6.07) is 0. The first-order chi connectivity index (χ1) is 8.84. The molecule has 0 bridgehead atoms. The molecule has 0 fully saturated rings. The summed E-state index contributed by atoms with van der Waals surface area (Å²) in [5.74, 6) is 1.55. The normalized spacial score (nSPS) is 16.4. The van der Waals surface area contributed by atoms with E-state index in [1.807, 2.05) is 0 Å². The van der Waals surface area contributed by atoms with Crippen molar-refractivity contribution in [3.8, 4) is 0 Å². The van der Waals surface area contributed by atoms with Gasteiger partial charge in [0.1, 0.15) is 6.61 Å². The van der Waals surface area contributed by atoms with E-state index in [9.17, 15) is 0 Å². The summed E-state index contributed by atoms with van der Waals surface area (Å²) in [5, 5.41) is 0. The van der Waals surface area contributed by atoms with Gasteiger partial charge in [0.05, 0.1) is 6.54 Å². The second-order valence-corrected chi connectivity index (χ2v) is 5.59. The third-order valence-electron chi connectivity index (χ3n) is 3.77. The molecule has 0 N–H and O–H groups in total. The lowest BCUT2D eigenvalue weighted by molar-refractivity contribution is 0.320. The number of ether oxygens (including phenoxy) is 1. The van der Waals surface area contributed by atoms with Gasteiger partial charge in [0.15, 0.2) is 5.90 Å². The predicted octanol–water partition coefficient (Wildman–Crippen LogP) is 4.97. The molecule has 1 heterocycles. The molecule has 2 heteroatoms. The molecule has 0 aromatic carbocycles. The molecule has 0 aromatic heterocycles. The van der Waals surface area contributed by atoms with Crippen molar-refractivity contribution in [2.24, 2.45) is 10.9 Å². The third-order valence-corrected chi connectivity index (χ3v) is 3.77. The Kier molecular flexibility index (Phi) is 8.97. The van der Waals surface area contributed by atoms with Crippen LogP contribution in [-0.4, -0.2) is 19.0 Å². The highest BCUT2D eigenvalue weighted by molar-refractivity contribution is 5.79. The topological polar surface area (TPSA) is 21.6 Å². The van der Waals surface area contributed by atoms with Crippen LogP contribution in [0.3, 0.4) is 0 Å². The van der Waals surface area contributed by atoms with Gasteiger partial charge < -0.3 is 4.74 Å². The minimum absolute atomic E-state index is 0.539. The second-order valence-electron chi connectivity index (χ2n) is 5.59. The lowest BCUT2D eigenvalue weighted by Gasteiger charge is -2.10. The molecule has 1 unspecified atom stereocenters. The molecular weight excluding hydrogens is 222 g/mol. The van der Waals surface area contributed by atoms with Gasteiger partial charge >= 0.3 is 0 Å². The number of hydrogen-bond donors (Lipinski definition) is 0. The van der Waals surface area contributed by atoms with Crippen LogP contribution < -0.4 is 0 Å². The average molecular weight is 253 g/mol. The van der Waals surface area contributed by atoms with Crippen LogP contribution in [0.15, 0.2) is 4.99 Å². The SMILES string of the molecule is CCCCCCCCCCCC(C)C1=NCCO1. The first-order valence-electron chi connectivity index (χ1n) is 8.01. The minimum atomic E-state index is 0.539. The summed E-state index contributed by atoms with van der Waals surface area (Å²) in [6.07, 6.45) is 13.9. The first-order valence-corrected chi connectivity index (χ1v) is 8.01. The van der Waals surface area contributed by atoms with Crippen molar-refractivity contribution in [2.45, 2.75) is 78.1 Å². The zero-order chi connectivity index (χ0) is 13.1. The molecule has 1 atom stereocenters. The van der Waals surface area contributed by atoms with E-state index < -0.39 is 0 Å². The zero-order valence-corrected chi connectivity index (χ0v) is 12.4. The van der Waals surface area contributed by atoms with E-state index in [4.69, 9.17) is 4.74 Å². The van der Waals surface area contributed by atoms with Crippen molar-refractivity contribution in [3.63, 3.8) is 0 Å². The lowest BCUT2D eigenvalue weighted by atomic mass is 10.0. The quantitative estimate of drug-likeness (QED) is 0.476. The van der Waals surface area contributed by atoms with Gasteiger partial charge in [-0.15, -0.1) is 0 Å². The Bertz CT molecular complexity index is 225. The van der Waals surface area contributed by atoms with Crippen LogP contribution >= 0.6 is 0 Å². The predicted molar refractivity (Wildman–Crippen MR) is 79.3 cm³/mol. The number of unbranched alkanes of at least 4 members (excludes halogenated alkanes) is 8. The lowest BCUT2D eigenvalue weighted by Crippen LogP contribution is -2.11. The number of rotatable bonds is 11. The minimum Gasteiger partial charge on any atom is -0.479 e. The van der Waals surface area contributed by atoms with E-state index in [1.165, 1.54) is 64.2 Å². The van der Waals surface area contributed by atoms with Crippen molar-refractivity contribution in [1.82, 2.24) is 0 Å². The zero-order valence-electron chi connectivity index (χ0n) is 12.4. The van der Waals surface area contributed by atoms with Gasteiger partial charge in [-0.3, -0.25) is 4.99 Å². The summed E-state index contributed by atoms with van der Waals surface area (Å²) >= 11 is 0. The van der Waals surface area contributed by atoms with E-state index in [1.54, 1.807) is 0 Å². The summed E-state index contributed by atoms with van der Waals surface area (Å²) in [7, 11) is 0. The number of nitrogens with zero attached hydrogens (tertiary/aromatic N) is 1. The van der Waals surface area contributed by atoms with Gasteiger partial charge in [-0.05, 0) is 6.42 Å². The highest BCUT2D eigenvalue weighted by Gasteiger charge is 2.15. The standard InChI is InChI=1S/C16H31NO/c1-3-4-5-6-7-8-9-10-11-12-15(2)16-17-13-14-18-16/h15H,3-14H2,1-2H3. The molecule has 0 aliphatic carbocycles. The second kappa shape index (κ2) is 10.4. The Labute approximate surface area is 113 Å². The molecule has 0 saturated heterocycles. The Balaban J connectivity index is 1.83. The van der Waals surface area contributed by atoms with E-state index in [0.29, 0.717) is 5.92 Å². The smallest absolute Gasteiger partial charge is 0.186 e. The fourth-order valence-electron chi connectivity index (χ4n) is 2.53. The largest absolute Gasteiger partial charge is 0.479 e. The summed E-state index contributed by atoms with van der Waals surface area (Å²) in [5.41, 5.74) is 0. The molecular formula is C16H31NO. The van der Waals surface area contributed by atoms with Crippen LogP contribution in [0.1, 0.15) is 78.1 Å². The molecule has 18 heavy (non-hydrogen) atoms. The molecule has 0 radical (unpaired) electrons. The van der Waals surface area contributed by atoms with Crippen LogP contribution in [0.4, 0.5) is 0 Å². The maximum atomic E-state index is 5.50. The van der Waals surface area contributed by atoms with Gasteiger partial charge in [-0.1, -0.05) is 71.6 Å². The summed E-state index contributed by atoms with van der Waals surface area (Å²) in [4.78, 5) is 4.39. The van der Waals surface area contributed by atoms with E-state index in [2.05, 4.69) is 18.8 Å². The van der Waals surface area contributed by atoms with Gasteiger partial charge in [-0.25, -0.2) is 0 Å². The van der Waals surface area contributed by atoms with E-state index >= 15 is 0 Å². The first kappa shape index (κ1) is 15.5. The highest BCUT2D eigenvalue weighted by Crippen LogP contribution is 2.16. The van der Waals surface area contributed by atoms with Gasteiger partial charge in [0.2, 0.25) is 0 Å². The van der Waals surface area contributed by atoms with Gasteiger partial charge in [0, 0.05) is 5.92 Å². The monoisotopic (exact) mass is 253 g/mol. The molecule has 2 nitrogen and oxygen atoms in total. The van der Waals surface area contributed by atoms with Gasteiger partial charge in [0.25, 0.3) is 0 Å². The number of aliphatic imine (C=N–C) groups is 1. The van der Waals surface area contributed by atoms with Crippen molar-refractivity contribution in [1.29, 1.82) is 0 Å². The Hall–Kier alpha value is -0.530. The Morgan fingerprint density at radius 3 is 2.17 bits per heavy atom. The highest BCUT2D eigenvalue weighted by atomic mass is 16.5. The molecule has 0 spiro atoms. The molecule has 1 aliphatic heterocycles. The fraction of sp³-hybridized carbons (Fsp3) is 0.938. The Morgan fingerprint density at radius 1 is 1.00 bits per heavy atom. The van der Waals surface area contributed by atoms with Crippen molar-refractivity contribution in [2.75, 3.05) is 13.2 Å². The third kappa shape index (κ3) is 7.03. The Morgan fingerprint density at radius 2 is 1.61 bits per heavy atom. The molecule has 0 amide bonds. The van der Waals surface area contributed by atoms with Crippen molar-refractivity contribution < 1.29 is 4.74 Å². The average Bonchev–Trinajstić information content (AvgIpc) is 2.90. The van der Waals surface area contributed by atoms with Crippen LogP contribution in [0.25, 0.3) is 0 Å². The molecule has 106 valence electrons. The van der Waals surface area contributed by atoms with E-state index in [-0.39, 0.29) is 0 Å². The van der Waals surface area contributed by atoms with E-state index in [0.717, 1.165) is 19.0 Å². The van der Waals surface area contributed by atoms with Crippen molar-refractivity contribution >= 4 is 5.90 Å². The maximum absolute atomic E-state index is 5.50. The van der Waals surface area contributed by atoms with Crippen LogP contribution in [0, 0.1) is 5.92 Å². The number of hydrogen-bond acceptors (Lipinski definition) is 2. The molecule has 0 aromatic rings. The molecule has 0 saturated carbocycles. The van der Waals surface area contributed by atoms with Crippen LogP contribution in [-0.2, 0) is 4.74 Å². The van der Waals surface area contributed by atoms with Crippen LogP contribution in [0.2, 0.25) is 0 Å².